The summed E-state index contributed by atoms with van der Waals surface area (Å²) in [6.07, 6.45) is 6.55. The van der Waals surface area contributed by atoms with Crippen molar-refractivity contribution in [1.29, 1.82) is 0 Å². The summed E-state index contributed by atoms with van der Waals surface area (Å²) < 4.78 is 31.1. The van der Waals surface area contributed by atoms with Crippen molar-refractivity contribution in [1.82, 2.24) is 5.32 Å². The number of nitrogens with one attached hydrogen (secondary N) is 1. The zero-order chi connectivity index (χ0) is 16.5. The van der Waals surface area contributed by atoms with Gasteiger partial charge in [0.25, 0.3) is 0 Å². The van der Waals surface area contributed by atoms with Crippen LogP contribution in [0.15, 0.2) is 18.2 Å². The highest BCUT2D eigenvalue weighted by molar-refractivity contribution is 5.76. The van der Waals surface area contributed by atoms with Gasteiger partial charge in [0.15, 0.2) is 11.6 Å². The Hall–Kier alpha value is -2.09. The lowest BCUT2D eigenvalue weighted by Gasteiger charge is -2.20. The van der Waals surface area contributed by atoms with Gasteiger partial charge in [-0.05, 0) is 30.9 Å². The molecule has 0 unspecified atom stereocenters. The highest BCUT2D eigenvalue weighted by atomic mass is 19.1. The highest BCUT2D eigenvalue weighted by Crippen LogP contribution is 2.25. The molecule has 0 aliphatic heterocycles. The van der Waals surface area contributed by atoms with Gasteiger partial charge in [0.05, 0.1) is 6.54 Å². The van der Waals surface area contributed by atoms with Crippen molar-refractivity contribution < 1.29 is 18.3 Å². The fourth-order valence-corrected chi connectivity index (χ4v) is 2.69. The SMILES string of the molecule is O=C(CC1CCCCC1)NCC#CCOc1ccc(F)cc1F. The lowest BCUT2D eigenvalue weighted by atomic mass is 9.87. The van der Waals surface area contributed by atoms with Crippen LogP contribution in [-0.2, 0) is 4.79 Å². The molecule has 1 aliphatic carbocycles. The predicted octanol–water partition coefficient (Wildman–Crippen LogP) is 3.43. The molecule has 3 nitrogen and oxygen atoms in total. The van der Waals surface area contributed by atoms with Crippen molar-refractivity contribution in [2.45, 2.75) is 38.5 Å². The smallest absolute Gasteiger partial charge is 0.221 e. The minimum absolute atomic E-state index is 0.0128. The molecule has 5 heteroatoms. The van der Waals surface area contributed by atoms with E-state index in [9.17, 15) is 13.6 Å². The van der Waals surface area contributed by atoms with Gasteiger partial charge in [-0.2, -0.15) is 0 Å². The highest BCUT2D eigenvalue weighted by Gasteiger charge is 2.16. The van der Waals surface area contributed by atoms with E-state index in [4.69, 9.17) is 4.74 Å². The number of benzene rings is 1. The number of hydrogen-bond acceptors (Lipinski definition) is 2. The van der Waals surface area contributed by atoms with Crippen LogP contribution in [0.2, 0.25) is 0 Å². The Bertz CT molecular complexity index is 586. The van der Waals surface area contributed by atoms with Gasteiger partial charge >= 0.3 is 0 Å². The number of carbonyl (C=O) groups excluding carboxylic acids is 1. The molecule has 1 saturated carbocycles. The van der Waals surface area contributed by atoms with Crippen molar-refractivity contribution in [3.8, 4) is 17.6 Å². The molecule has 1 aromatic carbocycles. The third-order valence-electron chi connectivity index (χ3n) is 3.89. The standard InChI is InChI=1S/C18H21F2NO2/c19-15-8-9-17(16(20)13-15)23-11-5-4-10-21-18(22)12-14-6-2-1-3-7-14/h8-9,13-14H,1-3,6-7,10-12H2,(H,21,22). The molecule has 1 aliphatic rings. The summed E-state index contributed by atoms with van der Waals surface area (Å²) in [6, 6.07) is 3.10. The van der Waals surface area contributed by atoms with Gasteiger partial charge in [0.1, 0.15) is 12.4 Å². The molecule has 0 heterocycles. The molecule has 0 aromatic heterocycles. The zero-order valence-electron chi connectivity index (χ0n) is 13.0. The van der Waals surface area contributed by atoms with E-state index in [1.807, 2.05) is 0 Å². The molecule has 23 heavy (non-hydrogen) atoms. The quantitative estimate of drug-likeness (QED) is 0.844. The van der Waals surface area contributed by atoms with E-state index in [0.29, 0.717) is 12.3 Å². The number of ether oxygens (including phenoxy) is 1. The molecular formula is C18H21F2NO2. The molecule has 2 rings (SSSR count). The summed E-state index contributed by atoms with van der Waals surface area (Å²) in [5.74, 6) is 4.52. The average molecular weight is 321 g/mol. The number of halogens is 2. The van der Waals surface area contributed by atoms with E-state index in [2.05, 4.69) is 17.2 Å². The molecule has 1 N–H and O–H groups in total. The molecule has 0 saturated heterocycles. The van der Waals surface area contributed by atoms with E-state index >= 15 is 0 Å². The third kappa shape index (κ3) is 6.27. The monoisotopic (exact) mass is 321 g/mol. The van der Waals surface area contributed by atoms with Crippen LogP contribution in [-0.4, -0.2) is 19.1 Å². The van der Waals surface area contributed by atoms with Crippen LogP contribution in [0.25, 0.3) is 0 Å². The maximum atomic E-state index is 13.3. The number of amides is 1. The molecule has 0 spiro atoms. The Morgan fingerprint density at radius 1 is 1.22 bits per heavy atom. The lowest BCUT2D eigenvalue weighted by Crippen LogP contribution is -2.26. The van der Waals surface area contributed by atoms with Crippen molar-refractivity contribution in [3.63, 3.8) is 0 Å². The number of hydrogen-bond donors (Lipinski definition) is 1. The first-order chi connectivity index (χ1) is 11.1. The van der Waals surface area contributed by atoms with E-state index in [1.54, 1.807) is 0 Å². The van der Waals surface area contributed by atoms with E-state index in [0.717, 1.165) is 25.0 Å². The van der Waals surface area contributed by atoms with Crippen molar-refractivity contribution in [2.75, 3.05) is 13.2 Å². The van der Waals surface area contributed by atoms with Crippen LogP contribution in [0.5, 0.6) is 5.75 Å². The van der Waals surface area contributed by atoms with E-state index in [1.165, 1.54) is 25.3 Å². The van der Waals surface area contributed by atoms with Crippen molar-refractivity contribution in [3.05, 3.63) is 29.8 Å². The first kappa shape index (κ1) is 17.3. The fraction of sp³-hybridized carbons (Fsp3) is 0.500. The normalized spacial score (nSPS) is 14.7. The topological polar surface area (TPSA) is 38.3 Å². The van der Waals surface area contributed by atoms with Gasteiger partial charge in [-0.1, -0.05) is 31.1 Å². The average Bonchev–Trinajstić information content (AvgIpc) is 2.53. The minimum Gasteiger partial charge on any atom is -0.478 e. The third-order valence-corrected chi connectivity index (χ3v) is 3.89. The van der Waals surface area contributed by atoms with Gasteiger partial charge in [-0.25, -0.2) is 8.78 Å². The second kappa shape index (κ2) is 9.14. The van der Waals surface area contributed by atoms with Gasteiger partial charge in [0, 0.05) is 12.5 Å². The lowest BCUT2D eigenvalue weighted by molar-refractivity contribution is -0.122. The summed E-state index contributed by atoms with van der Waals surface area (Å²) >= 11 is 0. The molecule has 124 valence electrons. The van der Waals surface area contributed by atoms with E-state index in [-0.39, 0.29) is 24.8 Å². The summed E-state index contributed by atoms with van der Waals surface area (Å²) in [6.45, 7) is 0.238. The minimum atomic E-state index is -0.757. The van der Waals surface area contributed by atoms with Crippen LogP contribution in [0.1, 0.15) is 38.5 Å². The Labute approximate surface area is 135 Å². The number of rotatable bonds is 5. The van der Waals surface area contributed by atoms with E-state index < -0.39 is 11.6 Å². The van der Waals surface area contributed by atoms with Gasteiger partial charge < -0.3 is 10.1 Å². The van der Waals surface area contributed by atoms with Crippen molar-refractivity contribution >= 4 is 5.91 Å². The molecule has 1 aromatic rings. The second-order valence-corrected chi connectivity index (χ2v) is 5.70. The summed E-state index contributed by atoms with van der Waals surface area (Å²) in [4.78, 5) is 11.7. The van der Waals surface area contributed by atoms with Crippen LogP contribution < -0.4 is 10.1 Å². The molecular weight excluding hydrogens is 300 g/mol. The summed E-state index contributed by atoms with van der Waals surface area (Å²) in [7, 11) is 0. The Morgan fingerprint density at radius 2 is 2.00 bits per heavy atom. The summed E-state index contributed by atoms with van der Waals surface area (Å²) in [5.41, 5.74) is 0. The van der Waals surface area contributed by atoms with Gasteiger partial charge in [-0.15, -0.1) is 0 Å². The molecule has 0 radical (unpaired) electrons. The first-order valence-corrected chi connectivity index (χ1v) is 7.95. The largest absolute Gasteiger partial charge is 0.478 e. The molecule has 1 amide bonds. The molecule has 1 fully saturated rings. The Kier molecular flexibility index (Phi) is 6.86. The van der Waals surface area contributed by atoms with Crippen LogP contribution >= 0.6 is 0 Å². The van der Waals surface area contributed by atoms with Crippen LogP contribution in [0, 0.1) is 29.4 Å². The van der Waals surface area contributed by atoms with Crippen molar-refractivity contribution in [2.24, 2.45) is 5.92 Å². The second-order valence-electron chi connectivity index (χ2n) is 5.70. The predicted molar refractivity (Wildman–Crippen MR) is 83.8 cm³/mol. The van der Waals surface area contributed by atoms with Gasteiger partial charge in [-0.3, -0.25) is 4.79 Å². The fourth-order valence-electron chi connectivity index (χ4n) is 2.69. The molecule has 0 bridgehead atoms. The number of carbonyl (C=O) groups is 1. The zero-order valence-corrected chi connectivity index (χ0v) is 13.0. The van der Waals surface area contributed by atoms with Crippen LogP contribution in [0.3, 0.4) is 0 Å². The Morgan fingerprint density at radius 3 is 2.74 bits per heavy atom. The maximum Gasteiger partial charge on any atom is 0.221 e. The Balaban J connectivity index is 1.62. The van der Waals surface area contributed by atoms with Gasteiger partial charge in [0.2, 0.25) is 5.91 Å². The molecule has 0 atom stereocenters. The van der Waals surface area contributed by atoms with Crippen LogP contribution in [0.4, 0.5) is 8.78 Å². The summed E-state index contributed by atoms with van der Waals surface area (Å²) in [5, 5.41) is 2.76. The maximum absolute atomic E-state index is 13.3. The first-order valence-electron chi connectivity index (χ1n) is 7.95.